The summed E-state index contributed by atoms with van der Waals surface area (Å²) in [5, 5.41) is 22.9. The number of nitrogens with zero attached hydrogens (tertiary/aromatic N) is 1. The lowest BCUT2D eigenvalue weighted by Crippen LogP contribution is -2.56. The van der Waals surface area contributed by atoms with Gasteiger partial charge in [-0.1, -0.05) is 120 Å². The first kappa shape index (κ1) is 71.2. The van der Waals surface area contributed by atoms with Crippen LogP contribution in [0.3, 0.4) is 0 Å². The molecule has 4 aliphatic carbocycles. The first-order valence-electron chi connectivity index (χ1n) is 28.1. The third kappa shape index (κ3) is 29.3. The van der Waals surface area contributed by atoms with Gasteiger partial charge in [-0.15, -0.1) is 0 Å². The van der Waals surface area contributed by atoms with E-state index in [1.807, 2.05) is 41.5 Å². The molecule has 0 radical (unpaired) electrons. The molecule has 4 aliphatic heterocycles. The van der Waals surface area contributed by atoms with Crippen LogP contribution in [0.1, 0.15) is 247 Å². The monoisotopic (exact) mass is 1120 g/mol. The fourth-order valence-electron chi connectivity index (χ4n) is 10.2. The van der Waals surface area contributed by atoms with Crippen molar-refractivity contribution in [2.75, 3.05) is 19.1 Å². The maximum atomic E-state index is 11.2. The van der Waals surface area contributed by atoms with E-state index in [2.05, 4.69) is 109 Å². The Morgan fingerprint density at radius 3 is 1.48 bits per heavy atom. The van der Waals surface area contributed by atoms with Crippen LogP contribution in [0.5, 0.6) is 0 Å². The van der Waals surface area contributed by atoms with Crippen molar-refractivity contribution >= 4 is 54.6 Å². The molecule has 15 nitrogen and oxygen atoms in total. The molecule has 4 saturated carbocycles. The number of aliphatic hydroxyl groups excluding tert-OH is 1. The average molecular weight is 1120 g/mol. The van der Waals surface area contributed by atoms with Gasteiger partial charge in [-0.05, 0) is 154 Å². The van der Waals surface area contributed by atoms with E-state index < -0.39 is 20.0 Å². The summed E-state index contributed by atoms with van der Waals surface area (Å²) in [6.07, 6.45) is 21.5. The lowest BCUT2D eigenvalue weighted by atomic mass is 9.73. The first-order valence-corrected chi connectivity index (χ1v) is 32.6. The standard InChI is InChI=1S/C10H19NO.2C9H19NO2S.C9H18O.C6H13N.C5H9NO.C5H8OS.C4H7NO/c1-8(12)11-9-6-4-5-7-10(9,2)3;1-9(2)6-4-5-8(7-9)10-13(3,11)12;1-9(2)6-4-3-5-8(7-9)13(10,11)12;1-9(2)6-3-4-8(10)5-7-9;1-5-6(2,3)7(5)4;1-5(2)3-4(7)6-5;1-5(2)3-7-4(5)6;1-4(2)3(6)5-4/h9H,4-7H2,1-3H3,(H,11,12);8,10H,4-7H2,1-3H3;8H,3-7H2,1-2H3,(H2,10,11,12);8,10H,3-7H2,1-2H3;5H,1-4H3;3H2,1-2H3,(H,6,7);3H2,1-2H3;1-2H3,(H,5,6). The van der Waals surface area contributed by atoms with Crippen LogP contribution in [0.4, 0.5) is 0 Å². The van der Waals surface area contributed by atoms with Crippen LogP contribution >= 0.6 is 11.8 Å². The minimum atomic E-state index is -3.32. The molecule has 8 fully saturated rings. The van der Waals surface area contributed by atoms with Gasteiger partial charge in [-0.3, -0.25) is 24.1 Å². The summed E-state index contributed by atoms with van der Waals surface area (Å²) >= 11 is 1.43. The molecule has 8 aliphatic rings. The molecule has 0 bridgehead atoms. The Kier molecular flexibility index (Phi) is 27.1. The maximum Gasteiger partial charge on any atom is 0.246 e. The number of likely N-dealkylation sites (N-methyl/N-ethyl adjacent to an activating group) is 1. The number of amides is 3. The van der Waals surface area contributed by atoms with Gasteiger partial charge in [0.05, 0.1) is 17.6 Å². The van der Waals surface area contributed by atoms with Crippen LogP contribution in [-0.4, -0.2) is 115 Å². The Morgan fingerprint density at radius 1 is 0.693 bits per heavy atom. The SMILES string of the molecule is CC(=O)NC1CCCCC1(C)C.CC1(C)CC(=O)N1.CC1(C)CCCC(NS(C)(=O)=O)C1.CC1(C)CCCC(O)CC1.CC1(C)CCCCC(S(N)(=O)=O)C1.CC1(C)CSC1=O.CC1(C)NC1=O.CC1N(C)C1(C)C. The molecule has 442 valence electrons. The van der Waals surface area contributed by atoms with Crippen molar-refractivity contribution in [3.05, 3.63) is 0 Å². The van der Waals surface area contributed by atoms with Crippen LogP contribution in [0.25, 0.3) is 0 Å². The summed E-state index contributed by atoms with van der Waals surface area (Å²) in [5.41, 5.74) is 1.62. The largest absolute Gasteiger partial charge is 0.393 e. The molecular formula is C57H112N6O9S3. The molecule has 6 atom stereocenters. The molecule has 4 heterocycles. The minimum Gasteiger partial charge on any atom is -0.393 e. The summed E-state index contributed by atoms with van der Waals surface area (Å²) in [4.78, 5) is 44.1. The fourth-order valence-corrected chi connectivity index (χ4v) is 13.0. The van der Waals surface area contributed by atoms with E-state index in [0.717, 1.165) is 76.0 Å². The minimum absolute atomic E-state index is 0.00463. The number of aliphatic hydroxyl groups is 1. The number of nitrogens with one attached hydrogen (secondary N) is 4. The molecule has 7 N–H and O–H groups in total. The van der Waals surface area contributed by atoms with E-state index in [4.69, 9.17) is 5.14 Å². The molecule has 0 aromatic heterocycles. The van der Waals surface area contributed by atoms with Gasteiger partial charge in [-0.2, -0.15) is 0 Å². The molecule has 8 rings (SSSR count). The summed E-state index contributed by atoms with van der Waals surface area (Å²) in [6, 6.07) is 1.34. The summed E-state index contributed by atoms with van der Waals surface area (Å²) in [6.45, 7) is 37.8. The Bertz CT molecular complexity index is 2050. The molecule has 0 spiro atoms. The molecule has 4 saturated heterocycles. The fraction of sp³-hybridized carbons (Fsp3) is 0.930. The normalized spacial score (nSPS) is 30.3. The summed E-state index contributed by atoms with van der Waals surface area (Å²) < 4.78 is 47.1. The van der Waals surface area contributed by atoms with Crippen molar-refractivity contribution in [2.45, 2.75) is 293 Å². The second kappa shape index (κ2) is 28.5. The van der Waals surface area contributed by atoms with Crippen LogP contribution in [0.2, 0.25) is 0 Å². The molecule has 0 aromatic rings. The van der Waals surface area contributed by atoms with Crippen LogP contribution in [0, 0.1) is 27.1 Å². The topological polar surface area (TPSA) is 244 Å². The van der Waals surface area contributed by atoms with E-state index in [9.17, 15) is 41.1 Å². The molecule has 75 heavy (non-hydrogen) atoms. The average Bonchev–Trinajstić information content (AvgIpc) is 4.02. The van der Waals surface area contributed by atoms with Crippen molar-refractivity contribution in [2.24, 2.45) is 32.2 Å². The zero-order valence-electron chi connectivity index (χ0n) is 51.0. The number of β-lactam (4-membered cyclic amide) rings is 1. The van der Waals surface area contributed by atoms with E-state index in [-0.39, 0.29) is 57.0 Å². The number of primary sulfonamides is 1. The lowest BCUT2D eigenvalue weighted by molar-refractivity contribution is -0.131. The van der Waals surface area contributed by atoms with Gasteiger partial charge in [0.15, 0.2) is 5.12 Å². The van der Waals surface area contributed by atoms with Gasteiger partial charge >= 0.3 is 0 Å². The molecule has 0 aromatic carbocycles. The lowest BCUT2D eigenvalue weighted by Gasteiger charge is -2.38. The third-order valence-electron chi connectivity index (χ3n) is 16.5. The molecule has 6 unspecified atom stereocenters. The van der Waals surface area contributed by atoms with Crippen molar-refractivity contribution in [1.82, 2.24) is 25.6 Å². The predicted molar refractivity (Wildman–Crippen MR) is 312 cm³/mol. The van der Waals surface area contributed by atoms with Crippen molar-refractivity contribution in [1.29, 1.82) is 0 Å². The van der Waals surface area contributed by atoms with Gasteiger partial charge in [0, 0.05) is 53.7 Å². The summed E-state index contributed by atoms with van der Waals surface area (Å²) in [7, 11) is -4.19. The maximum absolute atomic E-state index is 11.2. The molecular weight excluding hydrogens is 1010 g/mol. The van der Waals surface area contributed by atoms with Gasteiger partial charge in [-0.25, -0.2) is 26.7 Å². The predicted octanol–water partition coefficient (Wildman–Crippen LogP) is 10.1. The smallest absolute Gasteiger partial charge is 0.246 e. The van der Waals surface area contributed by atoms with E-state index >= 15 is 0 Å². The second-order valence-corrected chi connectivity index (χ2v) is 33.1. The van der Waals surface area contributed by atoms with Gasteiger partial charge in [0.1, 0.15) is 5.54 Å². The van der Waals surface area contributed by atoms with Crippen LogP contribution in [0.15, 0.2) is 0 Å². The van der Waals surface area contributed by atoms with E-state index in [1.54, 1.807) is 6.92 Å². The number of sulfonamides is 2. The summed E-state index contributed by atoms with van der Waals surface area (Å²) in [5.74, 6) is 1.44. The zero-order chi connectivity index (χ0) is 58.5. The van der Waals surface area contributed by atoms with Crippen molar-refractivity contribution in [3.63, 3.8) is 0 Å². The highest BCUT2D eigenvalue weighted by Gasteiger charge is 2.48. The van der Waals surface area contributed by atoms with Crippen LogP contribution in [-0.2, 0) is 39.2 Å². The number of hydrogen-bond acceptors (Lipinski definition) is 11. The Morgan fingerprint density at radius 2 is 1.13 bits per heavy atom. The van der Waals surface area contributed by atoms with Gasteiger partial charge < -0.3 is 21.1 Å². The van der Waals surface area contributed by atoms with Crippen LogP contribution < -0.4 is 25.8 Å². The number of thioether (sulfide) groups is 1. The van der Waals surface area contributed by atoms with Gasteiger partial charge in [0.25, 0.3) is 0 Å². The Hall–Kier alpha value is -1.83. The third-order valence-corrected chi connectivity index (χ3v) is 20.2. The number of hydrogen-bond donors (Lipinski definition) is 6. The van der Waals surface area contributed by atoms with E-state index in [1.165, 1.54) is 63.0 Å². The highest BCUT2D eigenvalue weighted by Crippen LogP contribution is 2.40. The number of carbonyl (C=O) groups excluding carboxylic acids is 4. The zero-order valence-corrected chi connectivity index (χ0v) is 53.4. The number of rotatable bonds is 4. The first-order chi connectivity index (χ1) is 33.6. The van der Waals surface area contributed by atoms with E-state index in [0.29, 0.717) is 45.8 Å². The Labute approximate surface area is 463 Å². The highest BCUT2D eigenvalue weighted by molar-refractivity contribution is 8.15. The Balaban J connectivity index is 0.000000435. The van der Waals surface area contributed by atoms with Crippen molar-refractivity contribution in [3.8, 4) is 0 Å². The number of carbonyl (C=O) groups is 4. The highest BCUT2D eigenvalue weighted by atomic mass is 32.2. The molecule has 3 amide bonds. The quantitative estimate of drug-likeness (QED) is 0.0879. The molecule has 18 heteroatoms. The van der Waals surface area contributed by atoms with Crippen molar-refractivity contribution < 1.29 is 41.1 Å². The van der Waals surface area contributed by atoms with Gasteiger partial charge in [0.2, 0.25) is 37.8 Å². The second-order valence-electron chi connectivity index (χ2n) is 28.5. The number of nitrogens with two attached hydrogens (primary N) is 1.